The van der Waals surface area contributed by atoms with Crippen molar-refractivity contribution < 1.29 is 31.1 Å². The van der Waals surface area contributed by atoms with Crippen molar-refractivity contribution in [2.75, 3.05) is 38.8 Å². The number of sulfonamides is 1. The van der Waals surface area contributed by atoms with E-state index in [4.69, 9.17) is 4.74 Å². The number of benzene rings is 2. The summed E-state index contributed by atoms with van der Waals surface area (Å²) in [5.41, 5.74) is -1.80. The molecular weight excluding hydrogens is 551 g/mol. The van der Waals surface area contributed by atoms with Crippen molar-refractivity contribution >= 4 is 33.4 Å². The minimum absolute atomic E-state index is 0.308. The molecule has 2 N–H and O–H groups in total. The van der Waals surface area contributed by atoms with Crippen LogP contribution in [0.5, 0.6) is 0 Å². The summed E-state index contributed by atoms with van der Waals surface area (Å²) < 4.78 is 77.7. The molecular formula is C27H36F3N3O4S2. The molecule has 216 valence electrons. The van der Waals surface area contributed by atoms with Gasteiger partial charge in [0.2, 0.25) is 0 Å². The molecule has 1 fully saturated rings. The Morgan fingerprint density at radius 1 is 1.05 bits per heavy atom. The average Bonchev–Trinajstić information content (AvgIpc) is 3.14. The van der Waals surface area contributed by atoms with Crippen molar-refractivity contribution in [2.45, 2.75) is 66.4 Å². The maximum absolute atomic E-state index is 15.1. The third kappa shape index (κ3) is 8.36. The lowest BCUT2D eigenvalue weighted by molar-refractivity contribution is -0.143. The van der Waals surface area contributed by atoms with Crippen molar-refractivity contribution in [3.05, 3.63) is 53.8 Å². The van der Waals surface area contributed by atoms with Gasteiger partial charge in [0.25, 0.3) is 15.9 Å². The number of hydrogen-bond acceptors (Lipinski definition) is 7. The van der Waals surface area contributed by atoms with Crippen molar-refractivity contribution in [1.82, 2.24) is 9.62 Å². The van der Waals surface area contributed by atoms with Gasteiger partial charge in [0.05, 0.1) is 4.90 Å². The lowest BCUT2D eigenvalue weighted by Gasteiger charge is -2.29. The number of methoxy groups -OCH3 is 1. The summed E-state index contributed by atoms with van der Waals surface area (Å²) in [6.45, 7) is 0.596. The first-order chi connectivity index (χ1) is 18.5. The van der Waals surface area contributed by atoms with E-state index < -0.39 is 49.8 Å². The Labute approximate surface area is 232 Å². The molecule has 1 aliphatic rings. The van der Waals surface area contributed by atoms with Gasteiger partial charge in [0.1, 0.15) is 17.1 Å². The van der Waals surface area contributed by atoms with Crippen LogP contribution < -0.4 is 10.0 Å². The molecule has 0 aliphatic heterocycles. The molecule has 39 heavy (non-hydrogen) atoms. The average molecular weight is 588 g/mol. The van der Waals surface area contributed by atoms with Crippen LogP contribution in [0, 0.1) is 17.5 Å². The van der Waals surface area contributed by atoms with E-state index in [-0.39, 0.29) is 5.82 Å². The summed E-state index contributed by atoms with van der Waals surface area (Å²) in [4.78, 5) is 14.6. The number of anilines is 1. The fourth-order valence-electron chi connectivity index (χ4n) is 4.51. The van der Waals surface area contributed by atoms with Gasteiger partial charge in [-0.25, -0.2) is 26.3 Å². The van der Waals surface area contributed by atoms with Gasteiger partial charge in [0.15, 0.2) is 11.6 Å². The number of nitrogens with one attached hydrogen (secondary N) is 2. The lowest BCUT2D eigenvalue weighted by atomic mass is 9.93. The second-order valence-electron chi connectivity index (χ2n) is 9.98. The molecule has 12 heteroatoms. The summed E-state index contributed by atoms with van der Waals surface area (Å²) in [6.07, 6.45) is 4.42. The van der Waals surface area contributed by atoms with Crippen molar-refractivity contribution in [3.8, 4) is 0 Å². The minimum atomic E-state index is -4.57. The SMILES string of the molecule is COC1(C(=O)NS(=O)(=O)c2cc(F)c(N[C@H](CCN(C)C)CSc3ccccc3F)c(F)c2)CCCCCC1. The highest BCUT2D eigenvalue weighted by molar-refractivity contribution is 7.99. The number of amides is 1. The molecule has 1 saturated carbocycles. The van der Waals surface area contributed by atoms with E-state index in [0.29, 0.717) is 61.4 Å². The first kappa shape index (κ1) is 31.3. The second kappa shape index (κ2) is 13.9. The molecule has 1 amide bonds. The highest BCUT2D eigenvalue weighted by Crippen LogP contribution is 2.32. The van der Waals surface area contributed by atoms with Gasteiger partial charge >= 0.3 is 0 Å². The van der Waals surface area contributed by atoms with E-state index in [1.165, 1.54) is 24.9 Å². The molecule has 2 aromatic carbocycles. The van der Waals surface area contributed by atoms with Crippen LogP contribution in [0.2, 0.25) is 0 Å². The van der Waals surface area contributed by atoms with E-state index in [1.54, 1.807) is 18.2 Å². The van der Waals surface area contributed by atoms with Crippen LogP contribution >= 0.6 is 11.8 Å². The summed E-state index contributed by atoms with van der Waals surface area (Å²) in [5.74, 6) is -3.16. The Balaban J connectivity index is 1.79. The molecule has 3 rings (SSSR count). The summed E-state index contributed by atoms with van der Waals surface area (Å²) >= 11 is 1.21. The molecule has 1 aliphatic carbocycles. The maximum atomic E-state index is 15.1. The quantitative estimate of drug-likeness (QED) is 0.262. The molecule has 0 saturated heterocycles. The zero-order valence-electron chi connectivity index (χ0n) is 22.4. The topological polar surface area (TPSA) is 87.7 Å². The fourth-order valence-corrected chi connectivity index (χ4v) is 6.58. The number of ether oxygens (including phenoxy) is 1. The monoisotopic (exact) mass is 587 g/mol. The third-order valence-electron chi connectivity index (χ3n) is 6.82. The molecule has 0 unspecified atom stereocenters. The lowest BCUT2D eigenvalue weighted by Crippen LogP contribution is -2.49. The van der Waals surface area contributed by atoms with Crippen LogP contribution in [0.4, 0.5) is 18.9 Å². The Hall–Kier alpha value is -2.28. The van der Waals surface area contributed by atoms with Crippen LogP contribution in [0.15, 0.2) is 46.2 Å². The predicted octanol–water partition coefficient (Wildman–Crippen LogP) is 5.17. The Kier molecular flexibility index (Phi) is 11.1. The van der Waals surface area contributed by atoms with Gasteiger partial charge in [-0.15, -0.1) is 11.8 Å². The van der Waals surface area contributed by atoms with Gasteiger partial charge in [0, 0.05) is 23.8 Å². The molecule has 0 bridgehead atoms. The number of carbonyl (C=O) groups is 1. The van der Waals surface area contributed by atoms with Gasteiger partial charge in [-0.3, -0.25) is 4.79 Å². The molecule has 2 aromatic rings. The van der Waals surface area contributed by atoms with E-state index in [2.05, 4.69) is 5.32 Å². The first-order valence-corrected chi connectivity index (χ1v) is 15.3. The molecule has 0 aromatic heterocycles. The van der Waals surface area contributed by atoms with Gasteiger partial charge in [-0.05, 0) is 64.2 Å². The zero-order valence-corrected chi connectivity index (χ0v) is 24.1. The van der Waals surface area contributed by atoms with Gasteiger partial charge in [-0.2, -0.15) is 0 Å². The van der Waals surface area contributed by atoms with E-state index >= 15 is 8.78 Å². The molecule has 7 nitrogen and oxygen atoms in total. The Bertz CT molecular complexity index is 1210. The number of rotatable bonds is 12. The number of nitrogens with zero attached hydrogens (tertiary/aromatic N) is 1. The van der Waals surface area contributed by atoms with Gasteiger partial charge < -0.3 is 15.0 Å². The van der Waals surface area contributed by atoms with Crippen LogP contribution in [0.25, 0.3) is 0 Å². The molecule has 0 heterocycles. The largest absolute Gasteiger partial charge is 0.377 e. The first-order valence-electron chi connectivity index (χ1n) is 12.9. The molecule has 0 radical (unpaired) electrons. The molecule has 1 atom stereocenters. The molecule has 0 spiro atoms. The van der Waals surface area contributed by atoms with Crippen LogP contribution in [0.3, 0.4) is 0 Å². The Morgan fingerprint density at radius 3 is 2.23 bits per heavy atom. The van der Waals surface area contributed by atoms with Crippen molar-refractivity contribution in [2.24, 2.45) is 0 Å². The van der Waals surface area contributed by atoms with E-state index in [1.807, 2.05) is 23.7 Å². The number of hydrogen-bond donors (Lipinski definition) is 2. The number of carbonyl (C=O) groups excluding carboxylic acids is 1. The summed E-state index contributed by atoms with van der Waals surface area (Å²) in [7, 11) is 0.504. The van der Waals surface area contributed by atoms with Crippen LogP contribution in [-0.4, -0.2) is 64.4 Å². The van der Waals surface area contributed by atoms with Gasteiger partial charge in [-0.1, -0.05) is 37.8 Å². The minimum Gasteiger partial charge on any atom is -0.377 e. The van der Waals surface area contributed by atoms with E-state index in [0.717, 1.165) is 12.8 Å². The predicted molar refractivity (Wildman–Crippen MR) is 147 cm³/mol. The smallest absolute Gasteiger partial charge is 0.265 e. The van der Waals surface area contributed by atoms with Crippen LogP contribution in [0.1, 0.15) is 44.9 Å². The van der Waals surface area contributed by atoms with E-state index in [9.17, 15) is 17.6 Å². The maximum Gasteiger partial charge on any atom is 0.265 e. The Morgan fingerprint density at radius 2 is 1.67 bits per heavy atom. The highest BCUT2D eigenvalue weighted by Gasteiger charge is 2.41. The summed E-state index contributed by atoms with van der Waals surface area (Å²) in [5, 5.41) is 2.83. The summed E-state index contributed by atoms with van der Waals surface area (Å²) in [6, 6.07) is 7.15. The van der Waals surface area contributed by atoms with Crippen LogP contribution in [-0.2, 0) is 19.6 Å². The third-order valence-corrected chi connectivity index (χ3v) is 9.34. The van der Waals surface area contributed by atoms with Crippen molar-refractivity contribution in [1.29, 1.82) is 0 Å². The zero-order chi connectivity index (χ0) is 28.6. The normalized spacial score (nSPS) is 16.5. The highest BCUT2D eigenvalue weighted by atomic mass is 32.2. The number of halogens is 3. The number of thioether (sulfide) groups is 1. The standard InChI is InChI=1S/C27H36F3N3O4S2/c1-33(2)15-12-19(18-38-24-11-7-6-10-21(24)28)31-25-22(29)16-20(17-23(25)30)39(35,36)32-26(34)27(37-3)13-8-4-5-9-14-27/h6-7,10-11,16-17,19,31H,4-5,8-9,12-15,18H2,1-3H3,(H,32,34)/t19-/m1/s1. The second-order valence-corrected chi connectivity index (χ2v) is 12.7. The fraction of sp³-hybridized carbons (Fsp3) is 0.519. The van der Waals surface area contributed by atoms with Crippen molar-refractivity contribution in [3.63, 3.8) is 0 Å².